The van der Waals surface area contributed by atoms with E-state index in [-0.39, 0.29) is 5.16 Å². The summed E-state index contributed by atoms with van der Waals surface area (Å²) in [7, 11) is 0.392. The fraction of sp³-hybridized carbons (Fsp3) is 1.00. The van der Waals surface area contributed by atoms with Gasteiger partial charge in [-0.2, -0.15) is 0 Å². The lowest BCUT2D eigenvalue weighted by atomic mass is 10.2. The second-order valence-corrected chi connectivity index (χ2v) is 4.05. The van der Waals surface area contributed by atoms with E-state index in [1.54, 1.807) is 0 Å². The van der Waals surface area contributed by atoms with E-state index in [1.807, 2.05) is 0 Å². The van der Waals surface area contributed by atoms with E-state index in [2.05, 4.69) is 6.92 Å². The molecular weight excluding hydrogens is 131 g/mol. The predicted molar refractivity (Wildman–Crippen MR) is 39.1 cm³/mol. The molecule has 9 heavy (non-hydrogen) atoms. The van der Waals surface area contributed by atoms with Crippen LogP contribution in [-0.4, -0.2) is 5.16 Å². The van der Waals surface area contributed by atoms with Crippen molar-refractivity contribution in [2.75, 3.05) is 0 Å². The van der Waals surface area contributed by atoms with Crippen LogP contribution in [-0.2, 0) is 4.57 Å². The molecule has 0 saturated heterocycles. The molecule has 0 bridgehead atoms. The van der Waals surface area contributed by atoms with Crippen molar-refractivity contribution in [3.8, 4) is 0 Å². The van der Waals surface area contributed by atoms with Crippen LogP contribution >= 0.6 is 8.46 Å². The Balaban J connectivity index is 2.17. The van der Waals surface area contributed by atoms with Gasteiger partial charge in [0.15, 0.2) is 8.46 Å². The predicted octanol–water partition coefficient (Wildman–Crippen LogP) is 3.00. The molecule has 0 spiro atoms. The third kappa shape index (κ3) is 1.76. The van der Waals surface area contributed by atoms with Gasteiger partial charge in [-0.05, 0) is 19.3 Å². The Bertz CT molecular complexity index is 107. The number of hydrogen-bond acceptors (Lipinski definition) is 1. The monoisotopic (exact) mass is 144 g/mol. The lowest BCUT2D eigenvalue weighted by Gasteiger charge is -2.01. The van der Waals surface area contributed by atoms with Crippen LogP contribution in [0.15, 0.2) is 0 Å². The molecule has 1 nitrogen and oxygen atoms in total. The summed E-state index contributed by atoms with van der Waals surface area (Å²) in [6.45, 7) is 2.18. The highest BCUT2D eigenvalue weighted by Gasteiger charge is 2.42. The second-order valence-electron chi connectivity index (χ2n) is 2.92. The SMILES string of the molecule is CCCCC1(P=O)CC1. The molecule has 0 atom stereocenters. The standard InChI is InChI=1S/C7H13OP/c1-2-3-4-7(9-8)5-6-7/h2-6H2,1H3. The molecule has 0 aromatic heterocycles. The van der Waals surface area contributed by atoms with Crippen molar-refractivity contribution in [3.05, 3.63) is 0 Å². The van der Waals surface area contributed by atoms with Gasteiger partial charge in [0, 0.05) is 0 Å². The Kier molecular flexibility index (Phi) is 2.23. The molecule has 0 aromatic carbocycles. The average Bonchev–Trinajstić information content (AvgIpc) is 2.65. The second kappa shape index (κ2) is 2.79. The first-order valence-corrected chi connectivity index (χ1v) is 4.49. The first kappa shape index (κ1) is 7.21. The van der Waals surface area contributed by atoms with E-state index in [9.17, 15) is 4.57 Å². The lowest BCUT2D eigenvalue weighted by Crippen LogP contribution is -1.95. The maximum absolute atomic E-state index is 10.5. The van der Waals surface area contributed by atoms with Crippen LogP contribution in [0.1, 0.15) is 39.0 Å². The number of rotatable bonds is 4. The van der Waals surface area contributed by atoms with Crippen molar-refractivity contribution < 1.29 is 4.57 Å². The minimum Gasteiger partial charge on any atom is -0.274 e. The van der Waals surface area contributed by atoms with E-state index >= 15 is 0 Å². The molecule has 1 aliphatic rings. The Morgan fingerprint density at radius 1 is 1.56 bits per heavy atom. The third-order valence-corrected chi connectivity index (χ3v) is 3.07. The first-order valence-electron chi connectivity index (χ1n) is 3.67. The van der Waals surface area contributed by atoms with E-state index in [1.165, 1.54) is 32.1 Å². The quantitative estimate of drug-likeness (QED) is 0.554. The zero-order chi connectivity index (χ0) is 6.74. The van der Waals surface area contributed by atoms with Crippen LogP contribution in [0.4, 0.5) is 0 Å². The molecule has 0 aromatic rings. The van der Waals surface area contributed by atoms with E-state index < -0.39 is 0 Å². The lowest BCUT2D eigenvalue weighted by molar-refractivity contribution is 0.577. The van der Waals surface area contributed by atoms with E-state index in [0.29, 0.717) is 8.46 Å². The van der Waals surface area contributed by atoms with E-state index in [0.717, 1.165) is 0 Å². The Morgan fingerprint density at radius 3 is 2.56 bits per heavy atom. The molecule has 0 N–H and O–H groups in total. The summed E-state index contributed by atoms with van der Waals surface area (Å²) in [4.78, 5) is 0. The maximum atomic E-state index is 10.5. The fourth-order valence-electron chi connectivity index (χ4n) is 1.04. The van der Waals surface area contributed by atoms with Crippen molar-refractivity contribution in [2.45, 2.75) is 44.2 Å². The summed E-state index contributed by atoms with van der Waals surface area (Å²) in [5.41, 5.74) is 0. The van der Waals surface area contributed by atoms with Gasteiger partial charge in [-0.3, -0.25) is 4.57 Å². The van der Waals surface area contributed by atoms with Gasteiger partial charge in [0.05, 0.1) is 5.16 Å². The molecule has 1 aliphatic carbocycles. The normalized spacial score (nSPS) is 22.3. The molecule has 2 heteroatoms. The van der Waals surface area contributed by atoms with Crippen molar-refractivity contribution in [1.82, 2.24) is 0 Å². The zero-order valence-electron chi connectivity index (χ0n) is 5.89. The van der Waals surface area contributed by atoms with Crippen molar-refractivity contribution in [2.24, 2.45) is 0 Å². The molecule has 0 aliphatic heterocycles. The van der Waals surface area contributed by atoms with Gasteiger partial charge < -0.3 is 0 Å². The minimum atomic E-state index is 0.260. The highest BCUT2D eigenvalue weighted by atomic mass is 31.1. The summed E-state index contributed by atoms with van der Waals surface area (Å²) in [5, 5.41) is 0.260. The Morgan fingerprint density at radius 2 is 2.22 bits per heavy atom. The van der Waals surface area contributed by atoms with Crippen LogP contribution < -0.4 is 0 Å². The molecule has 1 rings (SSSR count). The van der Waals surface area contributed by atoms with Gasteiger partial charge in [0.1, 0.15) is 0 Å². The summed E-state index contributed by atoms with van der Waals surface area (Å²) in [5.74, 6) is 0. The highest BCUT2D eigenvalue weighted by Crippen LogP contribution is 2.51. The molecule has 1 saturated carbocycles. The maximum Gasteiger partial charge on any atom is 0.162 e. The topological polar surface area (TPSA) is 17.1 Å². The van der Waals surface area contributed by atoms with Gasteiger partial charge in [-0.1, -0.05) is 19.8 Å². The van der Waals surface area contributed by atoms with Crippen molar-refractivity contribution in [1.29, 1.82) is 0 Å². The molecule has 52 valence electrons. The molecular formula is C7H13OP. The minimum absolute atomic E-state index is 0.260. The summed E-state index contributed by atoms with van der Waals surface area (Å²) in [6, 6.07) is 0. The van der Waals surface area contributed by atoms with Gasteiger partial charge in [0.25, 0.3) is 0 Å². The van der Waals surface area contributed by atoms with Crippen molar-refractivity contribution in [3.63, 3.8) is 0 Å². The van der Waals surface area contributed by atoms with Gasteiger partial charge in [-0.25, -0.2) is 0 Å². The van der Waals surface area contributed by atoms with Gasteiger partial charge >= 0.3 is 0 Å². The van der Waals surface area contributed by atoms with Crippen LogP contribution in [0.5, 0.6) is 0 Å². The van der Waals surface area contributed by atoms with Gasteiger partial charge in [0.2, 0.25) is 0 Å². The highest BCUT2D eigenvalue weighted by molar-refractivity contribution is 7.26. The van der Waals surface area contributed by atoms with Gasteiger partial charge in [-0.15, -0.1) is 0 Å². The van der Waals surface area contributed by atoms with Crippen LogP contribution in [0.3, 0.4) is 0 Å². The summed E-state index contributed by atoms with van der Waals surface area (Å²) < 4.78 is 10.5. The largest absolute Gasteiger partial charge is 0.274 e. The molecule has 1 fully saturated rings. The van der Waals surface area contributed by atoms with Crippen LogP contribution in [0.2, 0.25) is 0 Å². The van der Waals surface area contributed by atoms with Crippen LogP contribution in [0.25, 0.3) is 0 Å². The molecule has 0 unspecified atom stereocenters. The third-order valence-electron chi connectivity index (χ3n) is 2.02. The number of unbranched alkanes of at least 4 members (excludes halogenated alkanes) is 1. The molecule has 0 amide bonds. The van der Waals surface area contributed by atoms with E-state index in [4.69, 9.17) is 0 Å². The molecule has 0 radical (unpaired) electrons. The van der Waals surface area contributed by atoms with Crippen LogP contribution in [0, 0.1) is 0 Å². The summed E-state index contributed by atoms with van der Waals surface area (Å²) in [6.07, 6.45) is 6.04. The van der Waals surface area contributed by atoms with Crippen molar-refractivity contribution >= 4 is 8.46 Å². The summed E-state index contributed by atoms with van der Waals surface area (Å²) >= 11 is 0. The fourth-order valence-corrected chi connectivity index (χ4v) is 1.58. The first-order chi connectivity index (χ1) is 4.33. The number of hydrogen-bond donors (Lipinski definition) is 0. The smallest absolute Gasteiger partial charge is 0.162 e. The molecule has 0 heterocycles. The zero-order valence-corrected chi connectivity index (χ0v) is 6.79. The Labute approximate surface area is 58.0 Å². The Hall–Kier alpha value is 0.100. The average molecular weight is 144 g/mol.